The minimum absolute atomic E-state index is 0.337. The molecule has 4 nitrogen and oxygen atoms in total. The summed E-state index contributed by atoms with van der Waals surface area (Å²) in [6, 6.07) is -0.191. The highest BCUT2D eigenvalue weighted by Crippen LogP contribution is 2.35. The van der Waals surface area contributed by atoms with Crippen molar-refractivity contribution >= 4 is 6.02 Å². The molecule has 3 aliphatic rings. The number of aliphatic hydroxyl groups excluding tert-OH is 1. The lowest BCUT2D eigenvalue weighted by Crippen LogP contribution is -2.50. The van der Waals surface area contributed by atoms with Gasteiger partial charge in [0.15, 0.2) is 6.17 Å². The molecule has 2 fully saturated rings. The van der Waals surface area contributed by atoms with Crippen molar-refractivity contribution in [2.45, 2.75) is 37.3 Å². The molecule has 1 saturated carbocycles. The molecule has 0 amide bonds. The molecule has 1 saturated heterocycles. The summed E-state index contributed by atoms with van der Waals surface area (Å²) in [5.74, 6) is -0.669. The second-order valence-electron chi connectivity index (χ2n) is 4.98. The van der Waals surface area contributed by atoms with Crippen LogP contribution in [0.2, 0.25) is 0 Å². The number of amidine groups is 1. The van der Waals surface area contributed by atoms with Crippen LogP contribution in [0.1, 0.15) is 12.8 Å². The number of aliphatic imine (C=N–C) groups is 1. The fourth-order valence-electron chi connectivity index (χ4n) is 2.63. The molecular weight excluding hydrogens is 230 g/mol. The summed E-state index contributed by atoms with van der Waals surface area (Å²) in [5, 5.41) is 9.63. The van der Waals surface area contributed by atoms with Crippen LogP contribution in [-0.2, 0) is 4.74 Å². The lowest BCUT2D eigenvalue weighted by Gasteiger charge is -2.35. The number of nitrogens with zero attached hydrogens (tertiary/aromatic N) is 2. The van der Waals surface area contributed by atoms with Crippen molar-refractivity contribution in [3.63, 3.8) is 0 Å². The number of halogens is 2. The summed E-state index contributed by atoms with van der Waals surface area (Å²) < 4.78 is 32.1. The first-order chi connectivity index (χ1) is 8.20. The van der Waals surface area contributed by atoms with E-state index in [0.29, 0.717) is 12.4 Å². The van der Waals surface area contributed by atoms with Gasteiger partial charge in [-0.3, -0.25) is 4.39 Å². The summed E-state index contributed by atoms with van der Waals surface area (Å²) >= 11 is 0. The number of fused-ring (bicyclic) bond motifs is 1. The zero-order chi connectivity index (χ0) is 12.0. The van der Waals surface area contributed by atoms with E-state index in [2.05, 4.69) is 4.99 Å². The smallest absolute Gasteiger partial charge is 0.288 e. The van der Waals surface area contributed by atoms with Crippen molar-refractivity contribution in [2.24, 2.45) is 10.9 Å². The number of hydrogen-bond acceptors (Lipinski definition) is 4. The van der Waals surface area contributed by atoms with E-state index in [-0.39, 0.29) is 0 Å². The summed E-state index contributed by atoms with van der Waals surface area (Å²) in [7, 11) is 0. The van der Waals surface area contributed by atoms with Crippen LogP contribution in [0.15, 0.2) is 4.99 Å². The lowest BCUT2D eigenvalue weighted by molar-refractivity contribution is -0.0561. The van der Waals surface area contributed by atoms with E-state index in [1.807, 2.05) is 4.90 Å². The molecule has 0 aromatic heterocycles. The third-order valence-corrected chi connectivity index (χ3v) is 3.89. The van der Waals surface area contributed by atoms with Crippen LogP contribution in [0.25, 0.3) is 0 Å². The third kappa shape index (κ3) is 1.69. The maximum absolute atomic E-state index is 13.9. The normalized spacial score (nSPS) is 44.8. The van der Waals surface area contributed by atoms with Gasteiger partial charge in [0, 0.05) is 19.0 Å². The fraction of sp³-hybridized carbons (Fsp3) is 0.909. The number of alkyl halides is 2. The first-order valence-electron chi connectivity index (χ1n) is 6.08. The molecule has 5 unspecified atom stereocenters. The second kappa shape index (κ2) is 4.08. The molecule has 2 aliphatic heterocycles. The highest BCUT2D eigenvalue weighted by atomic mass is 19.1. The van der Waals surface area contributed by atoms with Crippen molar-refractivity contribution in [3.05, 3.63) is 0 Å². The van der Waals surface area contributed by atoms with Crippen molar-refractivity contribution in [3.8, 4) is 0 Å². The minimum atomic E-state index is -1.52. The van der Waals surface area contributed by atoms with Crippen molar-refractivity contribution < 1.29 is 18.6 Å². The number of hydrogen-bond donors (Lipinski definition) is 1. The molecule has 3 rings (SSSR count). The molecule has 0 spiro atoms. The Balaban J connectivity index is 1.74. The molecule has 96 valence electrons. The molecule has 2 heterocycles. The van der Waals surface area contributed by atoms with Gasteiger partial charge in [0.2, 0.25) is 0 Å². The average Bonchev–Trinajstić information content (AvgIpc) is 2.64. The SMILES string of the molecule is OC1C(CF)CC2OC(N3CCC3)=NC2C1F. The Morgan fingerprint density at radius 2 is 2.24 bits per heavy atom. The van der Waals surface area contributed by atoms with Crippen molar-refractivity contribution in [1.82, 2.24) is 4.90 Å². The van der Waals surface area contributed by atoms with Gasteiger partial charge >= 0.3 is 0 Å². The molecule has 0 radical (unpaired) electrons. The predicted octanol–water partition coefficient (Wildman–Crippen LogP) is 0.504. The largest absolute Gasteiger partial charge is 0.459 e. The van der Waals surface area contributed by atoms with Crippen LogP contribution in [0.4, 0.5) is 8.78 Å². The summed E-state index contributed by atoms with van der Waals surface area (Å²) in [6.07, 6.45) is -1.77. The summed E-state index contributed by atoms with van der Waals surface area (Å²) in [5.41, 5.74) is 0. The Hall–Kier alpha value is -0.910. The number of ether oxygens (including phenoxy) is 1. The van der Waals surface area contributed by atoms with Gasteiger partial charge in [-0.25, -0.2) is 9.38 Å². The van der Waals surface area contributed by atoms with Crippen molar-refractivity contribution in [2.75, 3.05) is 19.8 Å². The van der Waals surface area contributed by atoms with Crippen LogP contribution in [0, 0.1) is 5.92 Å². The topological polar surface area (TPSA) is 45.1 Å². The van der Waals surface area contributed by atoms with Gasteiger partial charge in [0.05, 0.1) is 12.8 Å². The van der Waals surface area contributed by atoms with E-state index < -0.39 is 37.0 Å². The van der Waals surface area contributed by atoms with Crippen LogP contribution in [0.3, 0.4) is 0 Å². The molecule has 1 aliphatic carbocycles. The Morgan fingerprint density at radius 3 is 2.82 bits per heavy atom. The Kier molecular flexibility index (Phi) is 2.69. The van der Waals surface area contributed by atoms with Gasteiger partial charge in [0.1, 0.15) is 12.1 Å². The van der Waals surface area contributed by atoms with E-state index >= 15 is 0 Å². The maximum Gasteiger partial charge on any atom is 0.288 e. The van der Waals surface area contributed by atoms with E-state index in [0.717, 1.165) is 19.5 Å². The first kappa shape index (κ1) is 11.2. The van der Waals surface area contributed by atoms with Gasteiger partial charge < -0.3 is 14.7 Å². The molecule has 17 heavy (non-hydrogen) atoms. The Bertz CT molecular complexity index is 335. The zero-order valence-electron chi connectivity index (χ0n) is 9.43. The summed E-state index contributed by atoms with van der Waals surface area (Å²) in [6.45, 7) is 1.04. The van der Waals surface area contributed by atoms with E-state index in [1.54, 1.807) is 0 Å². The van der Waals surface area contributed by atoms with Gasteiger partial charge in [-0.15, -0.1) is 0 Å². The summed E-state index contributed by atoms with van der Waals surface area (Å²) in [4.78, 5) is 6.14. The molecule has 1 N–H and O–H groups in total. The highest BCUT2D eigenvalue weighted by Gasteiger charge is 2.50. The average molecular weight is 246 g/mol. The van der Waals surface area contributed by atoms with E-state index in [4.69, 9.17) is 4.74 Å². The van der Waals surface area contributed by atoms with Gasteiger partial charge in [-0.2, -0.15) is 0 Å². The monoisotopic (exact) mass is 246 g/mol. The number of rotatable bonds is 1. The lowest BCUT2D eigenvalue weighted by atomic mass is 9.81. The Morgan fingerprint density at radius 1 is 1.47 bits per heavy atom. The van der Waals surface area contributed by atoms with Crippen LogP contribution in [-0.4, -0.2) is 60.2 Å². The molecular formula is C11H16F2N2O2. The number of likely N-dealkylation sites (tertiary alicyclic amines) is 1. The predicted molar refractivity (Wildman–Crippen MR) is 57.3 cm³/mol. The van der Waals surface area contributed by atoms with E-state index in [9.17, 15) is 13.9 Å². The zero-order valence-corrected chi connectivity index (χ0v) is 9.43. The third-order valence-electron chi connectivity index (χ3n) is 3.89. The highest BCUT2D eigenvalue weighted by molar-refractivity contribution is 5.76. The standard InChI is InChI=1S/C11H16F2N2O2/c12-5-6-4-7-9(8(13)10(6)16)14-11(17-7)15-2-1-3-15/h6-10,16H,1-5H2. The van der Waals surface area contributed by atoms with Gasteiger partial charge in [-0.05, 0) is 12.8 Å². The fourth-order valence-corrected chi connectivity index (χ4v) is 2.63. The number of aliphatic hydroxyl groups is 1. The van der Waals surface area contributed by atoms with E-state index in [1.165, 1.54) is 0 Å². The van der Waals surface area contributed by atoms with Gasteiger partial charge in [-0.1, -0.05) is 0 Å². The van der Waals surface area contributed by atoms with Crippen LogP contribution in [0.5, 0.6) is 0 Å². The van der Waals surface area contributed by atoms with Crippen LogP contribution >= 0.6 is 0 Å². The van der Waals surface area contributed by atoms with Crippen molar-refractivity contribution in [1.29, 1.82) is 0 Å². The first-order valence-corrected chi connectivity index (χ1v) is 6.08. The minimum Gasteiger partial charge on any atom is -0.459 e. The molecule has 6 heteroatoms. The van der Waals surface area contributed by atoms with Gasteiger partial charge in [0.25, 0.3) is 6.02 Å². The molecule has 0 bridgehead atoms. The maximum atomic E-state index is 13.9. The molecule has 0 aromatic carbocycles. The second-order valence-corrected chi connectivity index (χ2v) is 4.98. The Labute approximate surface area is 98.3 Å². The molecule has 5 atom stereocenters. The van der Waals surface area contributed by atoms with Crippen LogP contribution < -0.4 is 0 Å². The quantitative estimate of drug-likeness (QED) is 0.733. The molecule has 0 aromatic rings.